The lowest BCUT2D eigenvalue weighted by Gasteiger charge is -2.25. The van der Waals surface area contributed by atoms with Crippen molar-refractivity contribution in [1.29, 1.82) is 0 Å². The maximum Gasteiger partial charge on any atom is 0.0329 e. The van der Waals surface area contributed by atoms with Gasteiger partial charge in [-0.25, -0.2) is 0 Å². The molecular formula is C17H27BrN2. The van der Waals surface area contributed by atoms with Crippen molar-refractivity contribution in [3.05, 3.63) is 34.3 Å². The van der Waals surface area contributed by atoms with Crippen molar-refractivity contribution in [1.82, 2.24) is 10.2 Å². The molecule has 0 bridgehead atoms. The highest BCUT2D eigenvalue weighted by molar-refractivity contribution is 9.10. The third kappa shape index (κ3) is 4.87. The van der Waals surface area contributed by atoms with Crippen molar-refractivity contribution >= 4 is 15.9 Å². The number of unbranched alkanes of at least 4 members (excludes halogenated alkanes) is 1. The van der Waals surface area contributed by atoms with E-state index in [4.69, 9.17) is 0 Å². The molecule has 112 valence electrons. The van der Waals surface area contributed by atoms with E-state index in [9.17, 15) is 0 Å². The van der Waals surface area contributed by atoms with Gasteiger partial charge in [-0.15, -0.1) is 0 Å². The van der Waals surface area contributed by atoms with E-state index in [1.54, 1.807) is 0 Å². The van der Waals surface area contributed by atoms with Gasteiger partial charge in [-0.3, -0.25) is 0 Å². The molecule has 1 unspecified atom stereocenters. The van der Waals surface area contributed by atoms with E-state index in [2.05, 4.69) is 64.4 Å². The molecule has 0 spiro atoms. The molecule has 0 amide bonds. The standard InChI is InChI=1S/C17H27BrN2/c1-3-4-12-20(16-9-10-16)13-11-17(19-2)14-5-7-15(18)8-6-14/h5-8,16-17,19H,3-4,9-13H2,1-2H3. The zero-order valence-electron chi connectivity index (χ0n) is 12.7. The average Bonchev–Trinajstić information content (AvgIpc) is 3.29. The lowest BCUT2D eigenvalue weighted by molar-refractivity contribution is 0.245. The van der Waals surface area contributed by atoms with Crippen molar-refractivity contribution < 1.29 is 0 Å². The number of halogens is 1. The molecule has 1 N–H and O–H groups in total. The fraction of sp³-hybridized carbons (Fsp3) is 0.647. The SMILES string of the molecule is CCCCN(CCC(NC)c1ccc(Br)cc1)C1CC1. The molecule has 1 aliphatic rings. The molecule has 1 aromatic carbocycles. The van der Waals surface area contributed by atoms with Gasteiger partial charge in [-0.05, 0) is 57.0 Å². The van der Waals surface area contributed by atoms with Crippen LogP contribution < -0.4 is 5.32 Å². The van der Waals surface area contributed by atoms with Crippen molar-refractivity contribution in [3.8, 4) is 0 Å². The Labute approximate surface area is 132 Å². The quantitative estimate of drug-likeness (QED) is 0.719. The molecule has 2 rings (SSSR count). The van der Waals surface area contributed by atoms with Gasteiger partial charge in [0.15, 0.2) is 0 Å². The molecule has 1 atom stereocenters. The molecule has 0 radical (unpaired) electrons. The number of hydrogen-bond acceptors (Lipinski definition) is 2. The molecule has 1 saturated carbocycles. The summed E-state index contributed by atoms with van der Waals surface area (Å²) < 4.78 is 1.15. The Morgan fingerprint density at radius 3 is 2.50 bits per heavy atom. The van der Waals surface area contributed by atoms with Crippen LogP contribution in [-0.2, 0) is 0 Å². The van der Waals surface area contributed by atoms with E-state index >= 15 is 0 Å². The minimum atomic E-state index is 0.464. The Hall–Kier alpha value is -0.380. The van der Waals surface area contributed by atoms with Gasteiger partial charge in [0.2, 0.25) is 0 Å². The van der Waals surface area contributed by atoms with Gasteiger partial charge in [0, 0.05) is 23.1 Å². The normalized spacial score (nSPS) is 16.6. The van der Waals surface area contributed by atoms with Gasteiger partial charge in [-0.1, -0.05) is 41.4 Å². The van der Waals surface area contributed by atoms with Crippen LogP contribution in [0.5, 0.6) is 0 Å². The van der Waals surface area contributed by atoms with Gasteiger partial charge in [-0.2, -0.15) is 0 Å². The van der Waals surface area contributed by atoms with Crippen LogP contribution in [0, 0.1) is 0 Å². The Morgan fingerprint density at radius 1 is 1.25 bits per heavy atom. The summed E-state index contributed by atoms with van der Waals surface area (Å²) in [6, 6.07) is 10.1. The van der Waals surface area contributed by atoms with Crippen molar-refractivity contribution in [2.45, 2.75) is 51.1 Å². The first-order chi connectivity index (χ1) is 9.74. The Kier molecular flexibility index (Phi) is 6.53. The second-order valence-corrected chi connectivity index (χ2v) is 6.72. The highest BCUT2D eigenvalue weighted by atomic mass is 79.9. The molecule has 1 aromatic rings. The molecule has 1 aliphatic carbocycles. The van der Waals surface area contributed by atoms with Crippen molar-refractivity contribution in [2.24, 2.45) is 0 Å². The molecule has 0 aromatic heterocycles. The molecule has 20 heavy (non-hydrogen) atoms. The van der Waals surface area contributed by atoms with Gasteiger partial charge in [0.25, 0.3) is 0 Å². The number of rotatable bonds is 9. The largest absolute Gasteiger partial charge is 0.313 e. The first-order valence-electron chi connectivity index (χ1n) is 7.91. The summed E-state index contributed by atoms with van der Waals surface area (Å²) in [5, 5.41) is 3.47. The maximum atomic E-state index is 3.51. The van der Waals surface area contributed by atoms with Crippen LogP contribution in [0.3, 0.4) is 0 Å². The summed E-state index contributed by atoms with van der Waals surface area (Å²) in [7, 11) is 2.07. The molecule has 1 fully saturated rings. The third-order valence-corrected chi connectivity index (χ3v) is 4.72. The fourth-order valence-electron chi connectivity index (χ4n) is 2.75. The highest BCUT2D eigenvalue weighted by Crippen LogP contribution is 2.28. The molecular weight excluding hydrogens is 312 g/mol. The fourth-order valence-corrected chi connectivity index (χ4v) is 3.01. The van der Waals surface area contributed by atoms with Gasteiger partial charge in [0.1, 0.15) is 0 Å². The van der Waals surface area contributed by atoms with Crippen LogP contribution in [0.15, 0.2) is 28.7 Å². The lowest BCUT2D eigenvalue weighted by atomic mass is 10.0. The van der Waals surface area contributed by atoms with E-state index in [-0.39, 0.29) is 0 Å². The van der Waals surface area contributed by atoms with Gasteiger partial charge >= 0.3 is 0 Å². The zero-order valence-corrected chi connectivity index (χ0v) is 14.3. The second kappa shape index (κ2) is 8.16. The van der Waals surface area contributed by atoms with Crippen molar-refractivity contribution in [3.63, 3.8) is 0 Å². The minimum absolute atomic E-state index is 0.464. The number of hydrogen-bond donors (Lipinski definition) is 1. The number of benzene rings is 1. The topological polar surface area (TPSA) is 15.3 Å². The zero-order chi connectivity index (χ0) is 14.4. The molecule has 2 nitrogen and oxygen atoms in total. The Balaban J connectivity index is 1.87. The first-order valence-corrected chi connectivity index (χ1v) is 8.70. The smallest absolute Gasteiger partial charge is 0.0329 e. The van der Waals surface area contributed by atoms with Crippen LogP contribution in [0.25, 0.3) is 0 Å². The van der Waals surface area contributed by atoms with Crippen LogP contribution in [0.4, 0.5) is 0 Å². The van der Waals surface area contributed by atoms with Crippen LogP contribution >= 0.6 is 15.9 Å². The van der Waals surface area contributed by atoms with E-state index in [1.807, 2.05) is 0 Å². The minimum Gasteiger partial charge on any atom is -0.313 e. The maximum absolute atomic E-state index is 3.51. The van der Waals surface area contributed by atoms with Crippen LogP contribution in [-0.4, -0.2) is 31.1 Å². The van der Waals surface area contributed by atoms with E-state index in [0.717, 1.165) is 10.5 Å². The van der Waals surface area contributed by atoms with Crippen LogP contribution in [0.1, 0.15) is 50.6 Å². The summed E-state index contributed by atoms with van der Waals surface area (Å²) in [5.41, 5.74) is 1.39. The first kappa shape index (κ1) is 16.0. The number of nitrogens with zero attached hydrogens (tertiary/aromatic N) is 1. The summed E-state index contributed by atoms with van der Waals surface area (Å²) in [5.74, 6) is 0. The average molecular weight is 339 g/mol. The molecule has 3 heteroatoms. The Bertz CT molecular complexity index is 386. The third-order valence-electron chi connectivity index (χ3n) is 4.19. The molecule has 0 saturated heterocycles. The molecule has 0 aliphatic heterocycles. The molecule has 0 heterocycles. The van der Waals surface area contributed by atoms with Crippen LogP contribution in [0.2, 0.25) is 0 Å². The summed E-state index contributed by atoms with van der Waals surface area (Å²) in [4.78, 5) is 2.70. The summed E-state index contributed by atoms with van der Waals surface area (Å²) in [6.45, 7) is 4.77. The summed E-state index contributed by atoms with van der Waals surface area (Å²) in [6.07, 6.45) is 6.64. The lowest BCUT2D eigenvalue weighted by Crippen LogP contribution is -2.31. The van der Waals surface area contributed by atoms with Gasteiger partial charge in [0.05, 0.1) is 0 Å². The monoisotopic (exact) mass is 338 g/mol. The Morgan fingerprint density at radius 2 is 1.95 bits per heavy atom. The number of nitrogens with one attached hydrogen (secondary N) is 1. The van der Waals surface area contributed by atoms with E-state index < -0.39 is 0 Å². The predicted octanol–water partition coefficient (Wildman–Crippen LogP) is 4.36. The predicted molar refractivity (Wildman–Crippen MR) is 90.1 cm³/mol. The summed E-state index contributed by atoms with van der Waals surface area (Å²) >= 11 is 3.51. The van der Waals surface area contributed by atoms with Gasteiger partial charge < -0.3 is 10.2 Å². The van der Waals surface area contributed by atoms with E-state index in [1.165, 1.54) is 50.8 Å². The second-order valence-electron chi connectivity index (χ2n) is 5.80. The van der Waals surface area contributed by atoms with Crippen molar-refractivity contribution in [2.75, 3.05) is 20.1 Å². The van der Waals surface area contributed by atoms with E-state index in [0.29, 0.717) is 6.04 Å². The highest BCUT2D eigenvalue weighted by Gasteiger charge is 2.28.